The molecule has 0 heterocycles. The highest BCUT2D eigenvalue weighted by Crippen LogP contribution is 2.34. The first kappa shape index (κ1) is 20.5. The molecule has 1 amide bonds. The Kier molecular flexibility index (Phi) is 7.31. The van der Waals surface area contributed by atoms with Gasteiger partial charge >= 0.3 is 0 Å². The van der Waals surface area contributed by atoms with Crippen LogP contribution in [0.4, 0.5) is 5.69 Å². The van der Waals surface area contributed by atoms with Gasteiger partial charge in [0.05, 0.1) is 19.1 Å². The van der Waals surface area contributed by atoms with Crippen LogP contribution in [-0.2, 0) is 14.8 Å². The van der Waals surface area contributed by atoms with E-state index in [0.29, 0.717) is 23.9 Å². The zero-order chi connectivity index (χ0) is 18.5. The molecule has 1 aromatic rings. The molecule has 0 aliphatic carbocycles. The number of rotatable bonds is 8. The van der Waals surface area contributed by atoms with E-state index < -0.39 is 22.0 Å². The number of ether oxygens (including phenoxy) is 1. The number of nitrogens with zero attached hydrogens (tertiary/aromatic N) is 2. The summed E-state index contributed by atoms with van der Waals surface area (Å²) in [7, 11) is 1.46. The van der Waals surface area contributed by atoms with Crippen molar-refractivity contribution in [1.29, 1.82) is 0 Å². The van der Waals surface area contributed by atoms with Crippen LogP contribution in [0.3, 0.4) is 0 Å². The minimum absolute atomic E-state index is 0.225. The van der Waals surface area contributed by atoms with Gasteiger partial charge in [-0.05, 0) is 39.2 Å². The van der Waals surface area contributed by atoms with Gasteiger partial charge in [0.2, 0.25) is 15.9 Å². The number of nitrogens with one attached hydrogen (secondary N) is 1. The summed E-state index contributed by atoms with van der Waals surface area (Å²) in [5, 5.41) is 3.07. The molecule has 1 unspecified atom stereocenters. The third-order valence-corrected chi connectivity index (χ3v) is 4.79. The van der Waals surface area contributed by atoms with Gasteiger partial charge in [0.25, 0.3) is 0 Å². The predicted octanol–water partition coefficient (Wildman–Crippen LogP) is 1.18. The molecule has 9 heteroatoms. The van der Waals surface area contributed by atoms with Gasteiger partial charge < -0.3 is 15.0 Å². The summed E-state index contributed by atoms with van der Waals surface area (Å²) >= 11 is 5.99. The fourth-order valence-electron chi connectivity index (χ4n) is 2.17. The Hall–Kier alpha value is -1.51. The third kappa shape index (κ3) is 5.54. The van der Waals surface area contributed by atoms with Crippen molar-refractivity contribution in [1.82, 2.24) is 10.2 Å². The zero-order valence-corrected chi connectivity index (χ0v) is 16.1. The van der Waals surface area contributed by atoms with E-state index in [1.807, 2.05) is 19.0 Å². The van der Waals surface area contributed by atoms with Crippen molar-refractivity contribution in [3.63, 3.8) is 0 Å². The molecule has 0 aromatic heterocycles. The molecule has 1 aromatic carbocycles. The molecule has 0 saturated carbocycles. The van der Waals surface area contributed by atoms with E-state index in [1.54, 1.807) is 12.1 Å². The highest BCUT2D eigenvalue weighted by Gasteiger charge is 2.31. The molecular weight excluding hydrogens is 354 g/mol. The fraction of sp³-hybridized carbons (Fsp3) is 0.533. The second-order valence-electron chi connectivity index (χ2n) is 5.65. The summed E-state index contributed by atoms with van der Waals surface area (Å²) in [6.45, 7) is 2.59. The van der Waals surface area contributed by atoms with Gasteiger partial charge in [-0.3, -0.25) is 9.10 Å². The SMILES string of the molecule is COc1ccc(Cl)cc1N(C(C)C(=O)NCCN(C)C)S(C)(=O)=O. The molecule has 1 N–H and O–H groups in total. The smallest absolute Gasteiger partial charge is 0.243 e. The van der Waals surface area contributed by atoms with Crippen molar-refractivity contribution in [2.45, 2.75) is 13.0 Å². The lowest BCUT2D eigenvalue weighted by Gasteiger charge is -2.29. The third-order valence-electron chi connectivity index (χ3n) is 3.33. The van der Waals surface area contributed by atoms with Gasteiger partial charge in [-0.15, -0.1) is 0 Å². The molecule has 0 aliphatic heterocycles. The Balaban J connectivity index is 3.15. The van der Waals surface area contributed by atoms with Crippen LogP contribution in [0, 0.1) is 0 Å². The molecule has 1 atom stereocenters. The van der Waals surface area contributed by atoms with Crippen molar-refractivity contribution in [2.24, 2.45) is 0 Å². The quantitative estimate of drug-likeness (QED) is 0.736. The number of hydrogen-bond acceptors (Lipinski definition) is 5. The summed E-state index contributed by atoms with van der Waals surface area (Å²) in [6.07, 6.45) is 1.04. The largest absolute Gasteiger partial charge is 0.495 e. The number of amides is 1. The monoisotopic (exact) mass is 377 g/mol. The highest BCUT2D eigenvalue weighted by atomic mass is 35.5. The van der Waals surface area contributed by atoms with Crippen molar-refractivity contribution in [3.05, 3.63) is 23.2 Å². The number of likely N-dealkylation sites (N-methyl/N-ethyl adjacent to an activating group) is 1. The summed E-state index contributed by atoms with van der Waals surface area (Å²) in [6, 6.07) is 3.67. The Morgan fingerprint density at radius 3 is 2.50 bits per heavy atom. The lowest BCUT2D eigenvalue weighted by molar-refractivity contribution is -0.121. The van der Waals surface area contributed by atoms with Crippen molar-refractivity contribution >= 4 is 33.2 Å². The maximum Gasteiger partial charge on any atom is 0.243 e. The second kappa shape index (κ2) is 8.55. The summed E-state index contributed by atoms with van der Waals surface area (Å²) in [4.78, 5) is 14.3. The fourth-order valence-corrected chi connectivity index (χ4v) is 3.50. The predicted molar refractivity (Wildman–Crippen MR) is 96.4 cm³/mol. The Morgan fingerprint density at radius 1 is 1.38 bits per heavy atom. The normalized spacial score (nSPS) is 12.8. The number of carbonyl (C=O) groups is 1. The van der Waals surface area contributed by atoms with Gasteiger partial charge in [-0.25, -0.2) is 8.42 Å². The molecule has 24 heavy (non-hydrogen) atoms. The van der Waals surface area contributed by atoms with Crippen molar-refractivity contribution < 1.29 is 17.9 Å². The van der Waals surface area contributed by atoms with Crippen LogP contribution in [-0.4, -0.2) is 65.8 Å². The Morgan fingerprint density at radius 2 is 2.00 bits per heavy atom. The molecule has 0 saturated heterocycles. The van der Waals surface area contributed by atoms with Crippen molar-refractivity contribution in [3.8, 4) is 5.75 Å². The second-order valence-corrected chi connectivity index (χ2v) is 7.94. The lowest BCUT2D eigenvalue weighted by atomic mass is 10.2. The van der Waals surface area contributed by atoms with Gasteiger partial charge in [0.1, 0.15) is 11.8 Å². The Labute approximate surface area is 148 Å². The maximum absolute atomic E-state index is 12.4. The molecule has 0 spiro atoms. The maximum atomic E-state index is 12.4. The number of anilines is 1. The zero-order valence-electron chi connectivity index (χ0n) is 14.5. The number of halogens is 1. The van der Waals surface area contributed by atoms with Crippen LogP contribution < -0.4 is 14.4 Å². The molecule has 136 valence electrons. The van der Waals surface area contributed by atoms with Gasteiger partial charge in [0, 0.05) is 18.1 Å². The van der Waals surface area contributed by atoms with E-state index in [2.05, 4.69) is 5.32 Å². The number of benzene rings is 1. The van der Waals surface area contributed by atoms with Crippen LogP contribution in [0.5, 0.6) is 5.75 Å². The summed E-state index contributed by atoms with van der Waals surface area (Å²) < 4.78 is 30.8. The van der Waals surface area contributed by atoms with Crippen LogP contribution >= 0.6 is 11.6 Å². The van der Waals surface area contributed by atoms with E-state index in [9.17, 15) is 13.2 Å². The van der Waals surface area contributed by atoms with Crippen LogP contribution in [0.25, 0.3) is 0 Å². The molecular formula is C15H24ClN3O4S. The number of sulfonamides is 1. The number of hydrogen-bond donors (Lipinski definition) is 1. The molecule has 0 aliphatic rings. The molecule has 0 bridgehead atoms. The van der Waals surface area contributed by atoms with Gasteiger partial charge in [0.15, 0.2) is 0 Å². The van der Waals surface area contributed by atoms with Gasteiger partial charge in [-0.2, -0.15) is 0 Å². The van der Waals surface area contributed by atoms with E-state index >= 15 is 0 Å². The Bertz CT molecular complexity index is 679. The molecule has 1 rings (SSSR count). The highest BCUT2D eigenvalue weighted by molar-refractivity contribution is 7.92. The minimum atomic E-state index is -3.73. The standard InChI is InChI=1S/C15H24ClN3O4S/c1-11(15(20)17-8-9-18(2)3)19(24(5,21)22)13-10-12(16)6-7-14(13)23-4/h6-7,10-11H,8-9H2,1-5H3,(H,17,20). The van der Waals surface area contributed by atoms with Crippen LogP contribution in [0.15, 0.2) is 18.2 Å². The lowest BCUT2D eigenvalue weighted by Crippen LogP contribution is -2.49. The van der Waals surface area contributed by atoms with E-state index in [-0.39, 0.29) is 5.69 Å². The summed E-state index contributed by atoms with van der Waals surface area (Å²) in [5.41, 5.74) is 0.225. The minimum Gasteiger partial charge on any atom is -0.495 e. The molecule has 7 nitrogen and oxygen atoms in total. The average Bonchev–Trinajstić information content (AvgIpc) is 2.45. The first-order chi connectivity index (χ1) is 11.1. The van der Waals surface area contributed by atoms with E-state index in [0.717, 1.165) is 10.6 Å². The van der Waals surface area contributed by atoms with E-state index in [4.69, 9.17) is 16.3 Å². The van der Waals surface area contributed by atoms with E-state index in [1.165, 1.54) is 20.1 Å². The first-order valence-electron chi connectivity index (χ1n) is 7.33. The van der Waals surface area contributed by atoms with Crippen LogP contribution in [0.2, 0.25) is 5.02 Å². The topological polar surface area (TPSA) is 79.0 Å². The number of methoxy groups -OCH3 is 1. The average molecular weight is 378 g/mol. The molecule has 0 radical (unpaired) electrons. The summed E-state index contributed by atoms with van der Waals surface area (Å²) in [5.74, 6) is -0.0814. The molecule has 0 fully saturated rings. The first-order valence-corrected chi connectivity index (χ1v) is 9.56. The van der Waals surface area contributed by atoms with Crippen molar-refractivity contribution in [2.75, 3.05) is 44.9 Å². The van der Waals surface area contributed by atoms with Crippen LogP contribution in [0.1, 0.15) is 6.92 Å². The number of carbonyl (C=O) groups excluding carboxylic acids is 1. The van der Waals surface area contributed by atoms with Gasteiger partial charge in [-0.1, -0.05) is 11.6 Å².